The molecular weight excluding hydrogens is 663 g/mol. The van der Waals surface area contributed by atoms with Gasteiger partial charge in [0.2, 0.25) is 0 Å². The maximum atomic E-state index is 11.1. The minimum Gasteiger partial charge on any atom is -0.507 e. The van der Waals surface area contributed by atoms with Crippen LogP contribution in [0.2, 0.25) is 0 Å². The summed E-state index contributed by atoms with van der Waals surface area (Å²) >= 11 is 0. The van der Waals surface area contributed by atoms with E-state index in [1.165, 1.54) is 16.7 Å². The van der Waals surface area contributed by atoms with Crippen LogP contribution in [-0.4, -0.2) is 21.4 Å². The number of aromatic hydroxyl groups is 2. The number of fused-ring (bicyclic) bond motifs is 1. The van der Waals surface area contributed by atoms with Gasteiger partial charge in [-0.3, -0.25) is 4.99 Å². The number of rotatable bonds is 6. The van der Waals surface area contributed by atoms with E-state index in [1.54, 1.807) is 12.3 Å². The number of pyridine rings is 1. The molecule has 0 amide bonds. The second kappa shape index (κ2) is 12.0. The maximum Gasteiger partial charge on any atom is 0.125 e. The van der Waals surface area contributed by atoms with Crippen LogP contribution in [0.3, 0.4) is 0 Å². The van der Waals surface area contributed by atoms with Crippen LogP contribution in [0.5, 0.6) is 11.5 Å². The molecule has 0 aliphatic rings. The number of phenolic OH excluding ortho intramolecular Hbond substituents is 2. The Morgan fingerprint density at radius 3 is 2.03 bits per heavy atom. The summed E-state index contributed by atoms with van der Waals surface area (Å²) in [5.74, 6) is 1.12. The summed E-state index contributed by atoms with van der Waals surface area (Å²) in [6, 6.07) is 29.2. The van der Waals surface area contributed by atoms with E-state index in [-0.39, 0.29) is 32.6 Å². The number of benzene rings is 4. The van der Waals surface area contributed by atoms with Gasteiger partial charge in [0.05, 0.1) is 23.3 Å². The monoisotopic (exact) mass is 695 g/mol. The second-order valence-electron chi connectivity index (χ2n) is 10.2. The van der Waals surface area contributed by atoms with Gasteiger partial charge in [-0.15, -0.1) is 0 Å². The van der Waals surface area contributed by atoms with Gasteiger partial charge < -0.3 is 10.2 Å². The van der Waals surface area contributed by atoms with Gasteiger partial charge in [0, 0.05) is 32.0 Å². The topological polar surface area (TPSA) is 65.7 Å². The van der Waals surface area contributed by atoms with Crippen LogP contribution in [0.15, 0.2) is 96.0 Å². The van der Waals surface area contributed by atoms with E-state index in [2.05, 4.69) is 57.0 Å². The Kier molecular flexibility index (Phi) is 8.67. The quantitative estimate of drug-likeness (QED) is 0.174. The molecule has 0 saturated heterocycles. The molecule has 0 fully saturated rings. The summed E-state index contributed by atoms with van der Waals surface area (Å²) in [6.07, 6.45) is 1.68. The standard InChI is InChI=1S/C34H32N2O2.Pt/c1-21(2)26-12-8-13-27(22(3)4)33(26)24-17-18-28(32(38)19-24)29-14-7-11-25(36-29)20-35-30-15-5-9-23-10-6-16-31(37)34(23)30;/h5-22,37-38H,1-4H3;. The molecule has 4 nitrogen and oxygen atoms in total. The molecule has 0 aliphatic carbocycles. The molecule has 1 aromatic heterocycles. The maximum absolute atomic E-state index is 11.1. The molecule has 5 aromatic rings. The van der Waals surface area contributed by atoms with Crippen molar-refractivity contribution in [2.24, 2.45) is 4.99 Å². The Bertz CT molecular complexity index is 1630. The van der Waals surface area contributed by atoms with Gasteiger partial charge >= 0.3 is 0 Å². The minimum atomic E-state index is 0. The van der Waals surface area contributed by atoms with Crippen LogP contribution in [0.25, 0.3) is 33.2 Å². The first-order valence-electron chi connectivity index (χ1n) is 13.0. The molecule has 4 aromatic carbocycles. The predicted molar refractivity (Wildman–Crippen MR) is 158 cm³/mol. The van der Waals surface area contributed by atoms with Crippen LogP contribution < -0.4 is 0 Å². The Balaban J connectivity index is 0.00000353. The summed E-state index contributed by atoms with van der Waals surface area (Å²) in [6.45, 7) is 8.81. The van der Waals surface area contributed by atoms with E-state index in [4.69, 9.17) is 4.98 Å². The number of hydrogen-bond acceptors (Lipinski definition) is 4. The molecule has 1 heterocycles. The van der Waals surface area contributed by atoms with E-state index < -0.39 is 0 Å². The molecule has 0 unspecified atom stereocenters. The molecule has 39 heavy (non-hydrogen) atoms. The zero-order valence-corrected chi connectivity index (χ0v) is 24.8. The fraction of sp³-hybridized carbons (Fsp3) is 0.176. The van der Waals surface area contributed by atoms with Gasteiger partial charge in [0.25, 0.3) is 0 Å². The van der Waals surface area contributed by atoms with E-state index in [1.807, 2.05) is 60.7 Å². The Hall–Kier alpha value is -3.75. The third kappa shape index (κ3) is 5.82. The normalized spacial score (nSPS) is 11.4. The van der Waals surface area contributed by atoms with Crippen molar-refractivity contribution in [2.75, 3.05) is 0 Å². The molecule has 2 N–H and O–H groups in total. The van der Waals surface area contributed by atoms with Gasteiger partial charge in [-0.2, -0.15) is 0 Å². The number of nitrogens with zero attached hydrogens (tertiary/aromatic N) is 2. The molecule has 0 atom stereocenters. The molecule has 0 saturated carbocycles. The Morgan fingerprint density at radius 2 is 1.36 bits per heavy atom. The van der Waals surface area contributed by atoms with Crippen LogP contribution in [0.4, 0.5) is 5.69 Å². The largest absolute Gasteiger partial charge is 0.507 e. The zero-order valence-electron chi connectivity index (χ0n) is 22.5. The summed E-state index contributed by atoms with van der Waals surface area (Å²) < 4.78 is 0. The Morgan fingerprint density at radius 1 is 0.718 bits per heavy atom. The van der Waals surface area contributed by atoms with Crippen molar-refractivity contribution < 1.29 is 31.3 Å². The van der Waals surface area contributed by atoms with Crippen molar-refractivity contribution in [3.8, 4) is 33.9 Å². The fourth-order valence-electron chi connectivity index (χ4n) is 5.01. The van der Waals surface area contributed by atoms with Crippen LogP contribution in [0, 0.1) is 0 Å². The fourth-order valence-corrected chi connectivity index (χ4v) is 5.01. The van der Waals surface area contributed by atoms with Gasteiger partial charge in [-0.1, -0.05) is 82.3 Å². The first-order chi connectivity index (χ1) is 18.3. The van der Waals surface area contributed by atoms with E-state index >= 15 is 0 Å². The average molecular weight is 696 g/mol. The molecule has 200 valence electrons. The number of aliphatic imine (C=N–C) groups is 1. The third-order valence-electron chi connectivity index (χ3n) is 6.90. The van der Waals surface area contributed by atoms with Crippen LogP contribution in [-0.2, 0) is 21.1 Å². The van der Waals surface area contributed by atoms with Gasteiger partial charge in [0.15, 0.2) is 0 Å². The summed E-state index contributed by atoms with van der Waals surface area (Å²) in [5, 5.41) is 23.1. The molecule has 5 heteroatoms. The van der Waals surface area contributed by atoms with E-state index in [0.717, 1.165) is 10.9 Å². The summed E-state index contributed by atoms with van der Waals surface area (Å²) in [7, 11) is 0. The van der Waals surface area contributed by atoms with Crippen molar-refractivity contribution >= 4 is 22.7 Å². The summed E-state index contributed by atoms with van der Waals surface area (Å²) in [5.41, 5.74) is 7.42. The molecule has 0 spiro atoms. The molecule has 5 rings (SSSR count). The van der Waals surface area contributed by atoms with Gasteiger partial charge in [-0.25, -0.2) is 4.98 Å². The zero-order chi connectivity index (χ0) is 26.8. The van der Waals surface area contributed by atoms with Crippen molar-refractivity contribution in [1.29, 1.82) is 0 Å². The predicted octanol–water partition coefficient (Wildman–Crippen LogP) is 8.97. The van der Waals surface area contributed by atoms with E-state index in [0.29, 0.717) is 39.9 Å². The van der Waals surface area contributed by atoms with Crippen molar-refractivity contribution in [3.63, 3.8) is 0 Å². The third-order valence-corrected chi connectivity index (χ3v) is 6.90. The van der Waals surface area contributed by atoms with Crippen molar-refractivity contribution in [1.82, 2.24) is 4.98 Å². The Labute approximate surface area is 244 Å². The first-order valence-corrected chi connectivity index (χ1v) is 13.0. The number of phenols is 2. The SMILES string of the molecule is CC(C)c1cccc(C(C)C)c1-c1ccc(-c2cccc(C=Nc3cccc4cccc(O)c34)n2)c(O)c1.[Pt]. The van der Waals surface area contributed by atoms with Crippen LogP contribution in [0.1, 0.15) is 56.4 Å². The average Bonchev–Trinajstić information content (AvgIpc) is 2.91. The van der Waals surface area contributed by atoms with Crippen molar-refractivity contribution in [3.05, 3.63) is 108 Å². The molecule has 0 bridgehead atoms. The molecular formula is C34H32N2O2Pt. The van der Waals surface area contributed by atoms with Gasteiger partial charge in [0.1, 0.15) is 11.5 Å². The number of aromatic nitrogens is 1. The smallest absolute Gasteiger partial charge is 0.125 e. The second-order valence-corrected chi connectivity index (χ2v) is 10.2. The minimum absolute atomic E-state index is 0. The number of hydrogen-bond donors (Lipinski definition) is 2. The molecule has 0 radical (unpaired) electrons. The molecule has 0 aliphatic heterocycles. The van der Waals surface area contributed by atoms with E-state index in [9.17, 15) is 10.2 Å². The van der Waals surface area contributed by atoms with Crippen molar-refractivity contribution in [2.45, 2.75) is 39.5 Å². The van der Waals surface area contributed by atoms with Gasteiger partial charge in [-0.05, 0) is 75.9 Å². The van der Waals surface area contributed by atoms with Crippen LogP contribution >= 0.6 is 0 Å². The summed E-state index contributed by atoms with van der Waals surface area (Å²) in [4.78, 5) is 9.36. The first kappa shape index (κ1) is 28.3.